The van der Waals surface area contributed by atoms with Crippen molar-refractivity contribution in [2.24, 2.45) is 0 Å². The molecule has 1 atom stereocenters. The highest BCUT2D eigenvalue weighted by Crippen LogP contribution is 2.27. The number of rotatable bonds is 6. The van der Waals surface area contributed by atoms with Gasteiger partial charge >= 0.3 is 0 Å². The molecule has 0 spiro atoms. The molecule has 7 nitrogen and oxygen atoms in total. The topological polar surface area (TPSA) is 71.3 Å². The van der Waals surface area contributed by atoms with Crippen molar-refractivity contribution in [2.75, 3.05) is 26.4 Å². The number of thioether (sulfide) groups is 1. The Hall–Kier alpha value is -2.26. The second-order valence-electron chi connectivity index (χ2n) is 6.62. The van der Waals surface area contributed by atoms with Crippen molar-refractivity contribution in [3.05, 3.63) is 35.9 Å². The molecule has 9 heteroatoms. The summed E-state index contributed by atoms with van der Waals surface area (Å²) in [5.74, 6) is 0.118. The molecule has 2 amide bonds. The van der Waals surface area contributed by atoms with E-state index >= 15 is 0 Å². The van der Waals surface area contributed by atoms with Crippen LogP contribution in [0.2, 0.25) is 0 Å². The number of carbonyl (C=O) groups is 2. The number of likely N-dealkylation sites (tertiary alicyclic amines) is 1. The molecule has 0 unspecified atom stereocenters. The molecule has 1 fully saturated rings. The lowest BCUT2D eigenvalue weighted by Gasteiger charge is -2.20. The van der Waals surface area contributed by atoms with Crippen LogP contribution in [0, 0.1) is 5.82 Å². The lowest BCUT2D eigenvalue weighted by atomic mass is 10.2. The van der Waals surface area contributed by atoms with E-state index < -0.39 is 0 Å². The Morgan fingerprint density at radius 2 is 2.00 bits per heavy atom. The minimum atomic E-state index is -0.328. The average Bonchev–Trinajstić information content (AvgIpc) is 3.26. The molecule has 0 saturated carbocycles. The van der Waals surface area contributed by atoms with Gasteiger partial charge in [0.25, 0.3) is 0 Å². The molecule has 1 aliphatic rings. The minimum Gasteiger partial charge on any atom is -0.300 e. The molecule has 1 aromatic carbocycles. The summed E-state index contributed by atoms with van der Waals surface area (Å²) in [5, 5.41) is 9.06. The third-order valence-corrected chi connectivity index (χ3v) is 5.50. The molecule has 0 radical (unpaired) electrons. The molecule has 0 aliphatic carbocycles. The van der Waals surface area contributed by atoms with Crippen LogP contribution in [-0.2, 0) is 9.59 Å². The van der Waals surface area contributed by atoms with E-state index in [4.69, 9.17) is 0 Å². The van der Waals surface area contributed by atoms with Crippen molar-refractivity contribution in [1.82, 2.24) is 24.6 Å². The highest BCUT2D eigenvalue weighted by Gasteiger charge is 2.27. The lowest BCUT2D eigenvalue weighted by Crippen LogP contribution is -2.33. The van der Waals surface area contributed by atoms with E-state index in [0.29, 0.717) is 30.4 Å². The molecule has 0 N–H and O–H groups in total. The van der Waals surface area contributed by atoms with E-state index in [1.165, 1.54) is 28.8 Å². The fraction of sp³-hybridized carbons (Fsp3) is 0.444. The van der Waals surface area contributed by atoms with Crippen molar-refractivity contribution in [3.8, 4) is 5.69 Å². The van der Waals surface area contributed by atoms with E-state index in [0.717, 1.165) is 5.69 Å². The van der Waals surface area contributed by atoms with Gasteiger partial charge in [0, 0.05) is 18.7 Å². The van der Waals surface area contributed by atoms with Gasteiger partial charge in [-0.1, -0.05) is 11.8 Å². The third kappa shape index (κ3) is 4.19. The van der Waals surface area contributed by atoms with Crippen LogP contribution in [0.5, 0.6) is 0 Å². The maximum Gasteiger partial charge on any atom is 0.239 e. The van der Waals surface area contributed by atoms with Crippen LogP contribution in [0.15, 0.2) is 29.4 Å². The Morgan fingerprint density at radius 3 is 2.59 bits per heavy atom. The number of aromatic nitrogens is 3. The number of hydrogen-bond acceptors (Lipinski definition) is 6. The van der Waals surface area contributed by atoms with E-state index in [9.17, 15) is 14.0 Å². The van der Waals surface area contributed by atoms with Crippen LogP contribution in [0.25, 0.3) is 5.69 Å². The summed E-state index contributed by atoms with van der Waals surface area (Å²) in [7, 11) is 3.87. The predicted octanol–water partition coefficient (Wildman–Crippen LogP) is 2.27. The fourth-order valence-electron chi connectivity index (χ4n) is 2.83. The van der Waals surface area contributed by atoms with Gasteiger partial charge in [0.05, 0.1) is 11.8 Å². The van der Waals surface area contributed by atoms with Gasteiger partial charge in [-0.3, -0.25) is 24.0 Å². The summed E-state index contributed by atoms with van der Waals surface area (Å²) in [6.07, 6.45) is 1.14. The van der Waals surface area contributed by atoms with E-state index in [1.807, 2.05) is 30.5 Å². The summed E-state index contributed by atoms with van der Waals surface area (Å²) >= 11 is 1.23. The Kier molecular flexibility index (Phi) is 5.91. The Bertz CT molecular complexity index is 837. The number of amides is 2. The van der Waals surface area contributed by atoms with Crippen LogP contribution < -0.4 is 0 Å². The zero-order valence-electron chi connectivity index (χ0n) is 15.6. The second-order valence-corrected chi connectivity index (χ2v) is 7.57. The van der Waals surface area contributed by atoms with Crippen molar-refractivity contribution in [3.63, 3.8) is 0 Å². The molecule has 1 aliphatic heterocycles. The first-order valence-corrected chi connectivity index (χ1v) is 9.70. The van der Waals surface area contributed by atoms with Crippen molar-refractivity contribution < 1.29 is 14.0 Å². The van der Waals surface area contributed by atoms with E-state index in [1.54, 1.807) is 12.1 Å². The van der Waals surface area contributed by atoms with Gasteiger partial charge in [-0.05, 0) is 51.7 Å². The van der Waals surface area contributed by atoms with Gasteiger partial charge in [0.1, 0.15) is 5.82 Å². The molecule has 144 valence electrons. The maximum atomic E-state index is 13.3. The van der Waals surface area contributed by atoms with Crippen LogP contribution in [0.1, 0.15) is 31.6 Å². The Morgan fingerprint density at radius 1 is 1.30 bits per heavy atom. The Labute approximate surface area is 161 Å². The monoisotopic (exact) mass is 391 g/mol. The predicted molar refractivity (Wildman–Crippen MR) is 100 cm³/mol. The molecular formula is C18H22FN5O2S. The van der Waals surface area contributed by atoms with Gasteiger partial charge in [0.2, 0.25) is 11.8 Å². The summed E-state index contributed by atoms with van der Waals surface area (Å²) in [4.78, 5) is 27.4. The molecule has 1 aromatic heterocycles. The van der Waals surface area contributed by atoms with E-state index in [2.05, 4.69) is 10.2 Å². The van der Waals surface area contributed by atoms with Crippen LogP contribution in [-0.4, -0.2) is 62.8 Å². The molecule has 1 saturated heterocycles. The zero-order valence-corrected chi connectivity index (χ0v) is 16.4. The average molecular weight is 391 g/mol. The molecule has 27 heavy (non-hydrogen) atoms. The largest absolute Gasteiger partial charge is 0.300 e. The number of nitrogens with zero attached hydrogens (tertiary/aromatic N) is 5. The first-order valence-electron chi connectivity index (χ1n) is 8.72. The van der Waals surface area contributed by atoms with Crippen molar-refractivity contribution in [1.29, 1.82) is 0 Å². The van der Waals surface area contributed by atoms with Crippen molar-refractivity contribution >= 4 is 23.6 Å². The number of hydrogen-bond donors (Lipinski definition) is 0. The zero-order chi connectivity index (χ0) is 19.6. The summed E-state index contributed by atoms with van der Waals surface area (Å²) in [5.41, 5.74) is 0.720. The normalized spacial score (nSPS) is 15.6. The quantitative estimate of drug-likeness (QED) is 0.704. The van der Waals surface area contributed by atoms with Crippen molar-refractivity contribution in [2.45, 2.75) is 31.0 Å². The molecule has 2 heterocycles. The fourth-order valence-corrected chi connectivity index (χ4v) is 3.66. The van der Waals surface area contributed by atoms with Gasteiger partial charge in [-0.15, -0.1) is 10.2 Å². The first-order chi connectivity index (χ1) is 12.9. The molecule has 3 rings (SSSR count). The summed E-state index contributed by atoms with van der Waals surface area (Å²) in [6.45, 7) is 2.47. The highest BCUT2D eigenvalue weighted by molar-refractivity contribution is 7.99. The van der Waals surface area contributed by atoms with Gasteiger partial charge < -0.3 is 0 Å². The molecule has 2 aromatic rings. The van der Waals surface area contributed by atoms with Gasteiger partial charge in [-0.2, -0.15) is 0 Å². The number of imide groups is 1. The number of benzene rings is 1. The SMILES string of the molecule is C[C@H](c1nnc(SCC(=O)N2CCCC2=O)n1-c1ccc(F)cc1)N(C)C. The standard InChI is InChI=1S/C18H22FN5O2S/c1-12(22(2)3)17-20-21-18(24(17)14-8-6-13(19)7-9-14)27-11-16(26)23-10-4-5-15(23)25/h6-9,12H,4-5,10-11H2,1-3H3/t12-/m1/s1. The number of halogens is 1. The smallest absolute Gasteiger partial charge is 0.239 e. The van der Waals surface area contributed by atoms with Crippen LogP contribution in [0.4, 0.5) is 4.39 Å². The van der Waals surface area contributed by atoms with Gasteiger partial charge in [-0.25, -0.2) is 4.39 Å². The third-order valence-electron chi connectivity index (χ3n) is 4.59. The maximum absolute atomic E-state index is 13.3. The number of carbonyl (C=O) groups excluding carboxylic acids is 2. The molecular weight excluding hydrogens is 369 g/mol. The summed E-state index contributed by atoms with van der Waals surface area (Å²) in [6, 6.07) is 6.03. The summed E-state index contributed by atoms with van der Waals surface area (Å²) < 4.78 is 15.2. The highest BCUT2D eigenvalue weighted by atomic mass is 32.2. The van der Waals surface area contributed by atoms with Gasteiger partial charge in [0.15, 0.2) is 11.0 Å². The Balaban J connectivity index is 1.87. The lowest BCUT2D eigenvalue weighted by molar-refractivity contribution is -0.140. The minimum absolute atomic E-state index is 0.0345. The van der Waals surface area contributed by atoms with E-state index in [-0.39, 0.29) is 29.4 Å². The van der Waals surface area contributed by atoms with Crippen LogP contribution >= 0.6 is 11.8 Å². The first kappa shape index (κ1) is 19.5. The van der Waals surface area contributed by atoms with Crippen LogP contribution in [0.3, 0.4) is 0 Å². The second kappa shape index (κ2) is 8.18. The molecule has 0 bridgehead atoms.